The molecule has 0 aliphatic carbocycles. The molecule has 0 aliphatic heterocycles. The summed E-state index contributed by atoms with van der Waals surface area (Å²) in [6.45, 7) is 0. The Labute approximate surface area is 131 Å². The zero-order valence-corrected chi connectivity index (χ0v) is 12.0. The summed E-state index contributed by atoms with van der Waals surface area (Å²) in [4.78, 5) is 22.7. The number of pyridine rings is 1. The molecule has 23 heavy (non-hydrogen) atoms. The van der Waals surface area contributed by atoms with Crippen LogP contribution in [0.4, 0.5) is 0 Å². The molecule has 3 aromatic rings. The van der Waals surface area contributed by atoms with Gasteiger partial charge < -0.3 is 14.8 Å². The standard InChI is InChI=1S/C18H13NO4/c20-16-6-7-19(11-17(16)21)15-9-13(8-14(10-15)18(22)23)12-4-2-1-3-5-12/h1-11,21H,(H,22,23). The van der Waals surface area contributed by atoms with Crippen LogP contribution >= 0.6 is 0 Å². The van der Waals surface area contributed by atoms with Crippen molar-refractivity contribution in [1.82, 2.24) is 4.57 Å². The fourth-order valence-electron chi connectivity index (χ4n) is 2.31. The number of nitrogens with zero attached hydrogens (tertiary/aromatic N) is 1. The molecule has 5 nitrogen and oxygen atoms in total. The van der Waals surface area contributed by atoms with E-state index in [1.54, 1.807) is 12.1 Å². The average molecular weight is 307 g/mol. The predicted octanol–water partition coefficient (Wildman–Crippen LogP) is 2.91. The van der Waals surface area contributed by atoms with Crippen LogP contribution in [0.2, 0.25) is 0 Å². The van der Waals surface area contributed by atoms with Crippen molar-refractivity contribution in [3.05, 3.63) is 82.8 Å². The Morgan fingerprint density at radius 3 is 2.35 bits per heavy atom. The first-order valence-electron chi connectivity index (χ1n) is 6.90. The number of aromatic hydroxyl groups is 1. The molecule has 2 aromatic carbocycles. The molecule has 3 rings (SSSR count). The van der Waals surface area contributed by atoms with Crippen LogP contribution in [0.1, 0.15) is 10.4 Å². The molecule has 0 fully saturated rings. The number of hydrogen-bond donors (Lipinski definition) is 2. The molecule has 0 saturated carbocycles. The maximum atomic E-state index is 11.4. The van der Waals surface area contributed by atoms with Crippen molar-refractivity contribution in [2.24, 2.45) is 0 Å². The fourth-order valence-corrected chi connectivity index (χ4v) is 2.31. The van der Waals surface area contributed by atoms with Crippen LogP contribution in [0.25, 0.3) is 16.8 Å². The third kappa shape index (κ3) is 2.98. The fraction of sp³-hybridized carbons (Fsp3) is 0. The molecule has 1 aromatic heterocycles. The molecule has 1 heterocycles. The average Bonchev–Trinajstić information content (AvgIpc) is 2.57. The summed E-state index contributed by atoms with van der Waals surface area (Å²) >= 11 is 0. The van der Waals surface area contributed by atoms with Gasteiger partial charge in [0.15, 0.2) is 5.75 Å². The highest BCUT2D eigenvalue weighted by molar-refractivity contribution is 5.90. The van der Waals surface area contributed by atoms with Crippen molar-refractivity contribution < 1.29 is 15.0 Å². The summed E-state index contributed by atoms with van der Waals surface area (Å²) in [6, 6.07) is 15.5. The highest BCUT2D eigenvalue weighted by Gasteiger charge is 2.10. The van der Waals surface area contributed by atoms with Crippen LogP contribution in [-0.4, -0.2) is 20.7 Å². The largest absolute Gasteiger partial charge is 0.503 e. The quantitative estimate of drug-likeness (QED) is 0.779. The van der Waals surface area contributed by atoms with Gasteiger partial charge in [0.25, 0.3) is 0 Å². The lowest BCUT2D eigenvalue weighted by atomic mass is 10.0. The smallest absolute Gasteiger partial charge is 0.335 e. The van der Waals surface area contributed by atoms with E-state index < -0.39 is 17.1 Å². The second kappa shape index (κ2) is 5.81. The summed E-state index contributed by atoms with van der Waals surface area (Å²) in [5, 5.41) is 18.9. The number of hydrogen-bond acceptors (Lipinski definition) is 3. The van der Waals surface area contributed by atoms with Crippen molar-refractivity contribution >= 4 is 5.97 Å². The Morgan fingerprint density at radius 2 is 1.70 bits per heavy atom. The molecular weight excluding hydrogens is 294 g/mol. The van der Waals surface area contributed by atoms with E-state index in [1.165, 1.54) is 29.1 Å². The molecule has 0 spiro atoms. The zero-order chi connectivity index (χ0) is 16.4. The van der Waals surface area contributed by atoms with E-state index in [9.17, 15) is 19.8 Å². The Kier molecular flexibility index (Phi) is 3.68. The zero-order valence-electron chi connectivity index (χ0n) is 12.0. The predicted molar refractivity (Wildman–Crippen MR) is 86.1 cm³/mol. The van der Waals surface area contributed by atoms with Gasteiger partial charge in [-0.15, -0.1) is 0 Å². The van der Waals surface area contributed by atoms with Gasteiger partial charge in [-0.25, -0.2) is 4.79 Å². The first-order valence-corrected chi connectivity index (χ1v) is 6.90. The molecule has 0 radical (unpaired) electrons. The molecule has 0 unspecified atom stereocenters. The van der Waals surface area contributed by atoms with Crippen molar-refractivity contribution in [1.29, 1.82) is 0 Å². The summed E-state index contributed by atoms with van der Waals surface area (Å²) < 4.78 is 1.51. The van der Waals surface area contributed by atoms with Gasteiger partial charge in [0, 0.05) is 18.0 Å². The van der Waals surface area contributed by atoms with Crippen LogP contribution in [0.3, 0.4) is 0 Å². The lowest BCUT2D eigenvalue weighted by Gasteiger charge is -2.11. The first kappa shape index (κ1) is 14.6. The SMILES string of the molecule is O=C(O)c1cc(-c2ccccc2)cc(-n2ccc(=O)c(O)c2)c1. The Bertz CT molecular complexity index is 929. The number of carbonyl (C=O) groups is 1. The number of carboxylic acid groups (broad SMARTS) is 1. The van der Waals surface area contributed by atoms with E-state index in [-0.39, 0.29) is 5.56 Å². The van der Waals surface area contributed by atoms with Crippen LogP contribution in [0, 0.1) is 0 Å². The molecule has 0 saturated heterocycles. The second-order valence-electron chi connectivity index (χ2n) is 5.04. The van der Waals surface area contributed by atoms with E-state index in [1.807, 2.05) is 30.3 Å². The van der Waals surface area contributed by atoms with Gasteiger partial charge in [-0.2, -0.15) is 0 Å². The van der Waals surface area contributed by atoms with E-state index in [2.05, 4.69) is 0 Å². The highest BCUT2D eigenvalue weighted by atomic mass is 16.4. The number of aromatic nitrogens is 1. The minimum absolute atomic E-state index is 0.125. The van der Waals surface area contributed by atoms with Crippen molar-refractivity contribution in [3.8, 4) is 22.6 Å². The highest BCUT2D eigenvalue weighted by Crippen LogP contribution is 2.24. The lowest BCUT2D eigenvalue weighted by molar-refractivity contribution is 0.0697. The van der Waals surface area contributed by atoms with E-state index in [4.69, 9.17) is 0 Å². The number of carboxylic acids is 1. The van der Waals surface area contributed by atoms with Crippen molar-refractivity contribution in [2.75, 3.05) is 0 Å². The molecule has 114 valence electrons. The van der Waals surface area contributed by atoms with E-state index in [0.29, 0.717) is 5.69 Å². The van der Waals surface area contributed by atoms with Gasteiger partial charge in [0.2, 0.25) is 5.43 Å². The minimum atomic E-state index is -1.05. The first-order chi connectivity index (χ1) is 11.0. The summed E-state index contributed by atoms with van der Waals surface area (Å²) in [5.41, 5.74) is 1.79. The number of aromatic carboxylic acids is 1. The van der Waals surface area contributed by atoms with Gasteiger partial charge in [0.05, 0.1) is 11.8 Å². The summed E-state index contributed by atoms with van der Waals surface area (Å²) in [7, 11) is 0. The molecule has 0 amide bonds. The second-order valence-corrected chi connectivity index (χ2v) is 5.04. The topological polar surface area (TPSA) is 79.5 Å². The minimum Gasteiger partial charge on any atom is -0.503 e. The van der Waals surface area contributed by atoms with Crippen molar-refractivity contribution in [3.63, 3.8) is 0 Å². The number of benzene rings is 2. The maximum absolute atomic E-state index is 11.4. The maximum Gasteiger partial charge on any atom is 0.335 e. The van der Waals surface area contributed by atoms with Gasteiger partial charge in [0.1, 0.15) is 0 Å². The molecule has 0 atom stereocenters. The normalized spacial score (nSPS) is 10.4. The Morgan fingerprint density at radius 1 is 0.957 bits per heavy atom. The van der Waals surface area contributed by atoms with Gasteiger partial charge in [-0.3, -0.25) is 4.79 Å². The van der Waals surface area contributed by atoms with Gasteiger partial charge in [-0.05, 0) is 29.3 Å². The molecule has 0 aliphatic rings. The van der Waals surface area contributed by atoms with E-state index >= 15 is 0 Å². The van der Waals surface area contributed by atoms with Gasteiger partial charge in [-0.1, -0.05) is 30.3 Å². The molecule has 0 bridgehead atoms. The Balaban J connectivity index is 2.20. The van der Waals surface area contributed by atoms with Crippen LogP contribution in [0.15, 0.2) is 71.8 Å². The molecular formula is C18H13NO4. The third-order valence-corrected chi connectivity index (χ3v) is 3.47. The monoisotopic (exact) mass is 307 g/mol. The van der Waals surface area contributed by atoms with Crippen LogP contribution in [-0.2, 0) is 0 Å². The van der Waals surface area contributed by atoms with Gasteiger partial charge >= 0.3 is 5.97 Å². The van der Waals surface area contributed by atoms with E-state index in [0.717, 1.165) is 11.1 Å². The lowest BCUT2D eigenvalue weighted by Crippen LogP contribution is -2.05. The molecule has 2 N–H and O–H groups in total. The molecule has 5 heteroatoms. The summed E-state index contributed by atoms with van der Waals surface area (Å²) in [6.07, 6.45) is 2.75. The third-order valence-electron chi connectivity index (χ3n) is 3.47. The van der Waals surface area contributed by atoms with Crippen LogP contribution < -0.4 is 5.43 Å². The Hall–Kier alpha value is -3.34. The summed E-state index contributed by atoms with van der Waals surface area (Å²) in [5.74, 6) is -1.44. The van der Waals surface area contributed by atoms with Crippen molar-refractivity contribution in [2.45, 2.75) is 0 Å². The van der Waals surface area contributed by atoms with Crippen LogP contribution in [0.5, 0.6) is 5.75 Å². The number of rotatable bonds is 3.